The van der Waals surface area contributed by atoms with Crippen molar-refractivity contribution in [2.45, 2.75) is 24.3 Å². The highest BCUT2D eigenvalue weighted by Gasteiger charge is 2.19. The summed E-state index contributed by atoms with van der Waals surface area (Å²) in [5, 5.41) is 9.31. The molecule has 0 aliphatic carbocycles. The molecule has 8 heteroatoms. The molecule has 0 bridgehead atoms. The molecule has 0 aliphatic rings. The average Bonchev–Trinajstić information content (AvgIpc) is 2.35. The van der Waals surface area contributed by atoms with Crippen molar-refractivity contribution >= 4 is 15.7 Å². The Morgan fingerprint density at radius 3 is 2.63 bits per heavy atom. The third-order valence-electron chi connectivity index (χ3n) is 2.54. The number of nitrogens with two attached hydrogens (primary N) is 1. The van der Waals surface area contributed by atoms with Crippen LogP contribution in [0.1, 0.15) is 13.3 Å². The molecule has 0 fully saturated rings. The molecule has 1 rings (SSSR count). The van der Waals surface area contributed by atoms with Crippen LogP contribution >= 0.6 is 0 Å². The second kappa shape index (κ2) is 6.18. The summed E-state index contributed by atoms with van der Waals surface area (Å²) in [6.07, 6.45) is -0.392. The lowest BCUT2D eigenvalue weighted by atomic mass is 10.3. The van der Waals surface area contributed by atoms with Crippen LogP contribution < -0.4 is 15.2 Å². The molecule has 0 aliphatic heterocycles. The van der Waals surface area contributed by atoms with Gasteiger partial charge in [-0.25, -0.2) is 17.5 Å². The Kier molecular flexibility index (Phi) is 5.10. The molecule has 0 saturated carbocycles. The van der Waals surface area contributed by atoms with E-state index in [0.717, 1.165) is 12.1 Å². The minimum atomic E-state index is -3.92. The van der Waals surface area contributed by atoms with Gasteiger partial charge in [0, 0.05) is 6.54 Å². The number of aliphatic hydroxyl groups is 1. The molecule has 1 unspecified atom stereocenters. The molecule has 6 nitrogen and oxygen atoms in total. The number of anilines is 1. The van der Waals surface area contributed by atoms with Gasteiger partial charge < -0.3 is 15.6 Å². The van der Waals surface area contributed by atoms with Gasteiger partial charge in [0.15, 0.2) is 11.6 Å². The standard InChI is InChI=1S/C11H17FN2O4S/c1-3-7(15)6-14-19(16,17)8-4-9(12)11(18-2)10(13)5-8/h4-5,7,14-15H,3,6,13H2,1-2H3. The zero-order valence-electron chi connectivity index (χ0n) is 10.7. The molecule has 0 saturated heterocycles. The van der Waals surface area contributed by atoms with E-state index in [1.807, 2.05) is 0 Å². The lowest BCUT2D eigenvalue weighted by molar-refractivity contribution is 0.174. The summed E-state index contributed by atoms with van der Waals surface area (Å²) >= 11 is 0. The van der Waals surface area contributed by atoms with E-state index < -0.39 is 21.9 Å². The molecule has 19 heavy (non-hydrogen) atoms. The van der Waals surface area contributed by atoms with Gasteiger partial charge in [0.2, 0.25) is 10.0 Å². The van der Waals surface area contributed by atoms with Crippen molar-refractivity contribution < 1.29 is 22.7 Å². The van der Waals surface area contributed by atoms with E-state index in [1.54, 1.807) is 6.92 Å². The van der Waals surface area contributed by atoms with Gasteiger partial charge in [0.05, 0.1) is 23.8 Å². The van der Waals surface area contributed by atoms with E-state index in [0.29, 0.717) is 6.42 Å². The fourth-order valence-corrected chi connectivity index (χ4v) is 2.51. The van der Waals surface area contributed by atoms with Crippen LogP contribution in [0.5, 0.6) is 5.75 Å². The van der Waals surface area contributed by atoms with E-state index in [-0.39, 0.29) is 22.9 Å². The lowest BCUT2D eigenvalue weighted by Crippen LogP contribution is -2.31. The van der Waals surface area contributed by atoms with Gasteiger partial charge in [0.1, 0.15) is 0 Å². The van der Waals surface area contributed by atoms with Crippen molar-refractivity contribution in [1.29, 1.82) is 0 Å². The lowest BCUT2D eigenvalue weighted by Gasteiger charge is -2.12. The fraction of sp³-hybridized carbons (Fsp3) is 0.455. The largest absolute Gasteiger partial charge is 0.492 e. The summed E-state index contributed by atoms with van der Waals surface area (Å²) in [7, 11) is -2.69. The SMILES string of the molecule is CCC(O)CNS(=O)(=O)c1cc(N)c(OC)c(F)c1. The molecule has 1 atom stereocenters. The second-order valence-electron chi connectivity index (χ2n) is 3.94. The number of benzene rings is 1. The zero-order chi connectivity index (χ0) is 14.6. The van der Waals surface area contributed by atoms with Gasteiger partial charge in [-0.2, -0.15) is 0 Å². The number of nitrogens with one attached hydrogen (secondary N) is 1. The van der Waals surface area contributed by atoms with E-state index in [9.17, 15) is 17.9 Å². The number of hydrogen-bond donors (Lipinski definition) is 3. The Labute approximate surface area is 111 Å². The first-order valence-electron chi connectivity index (χ1n) is 5.62. The third kappa shape index (κ3) is 3.79. The smallest absolute Gasteiger partial charge is 0.240 e. The molecule has 0 aromatic heterocycles. The molecule has 0 heterocycles. The van der Waals surface area contributed by atoms with Gasteiger partial charge in [-0.3, -0.25) is 0 Å². The van der Waals surface area contributed by atoms with Crippen LogP contribution in [0.25, 0.3) is 0 Å². The number of methoxy groups -OCH3 is 1. The van der Waals surface area contributed by atoms with Gasteiger partial charge in [-0.15, -0.1) is 0 Å². The maximum atomic E-state index is 13.6. The maximum absolute atomic E-state index is 13.6. The van der Waals surface area contributed by atoms with E-state index in [4.69, 9.17) is 10.5 Å². The monoisotopic (exact) mass is 292 g/mol. The first-order chi connectivity index (χ1) is 8.81. The molecular formula is C11H17FN2O4S. The molecule has 108 valence electrons. The molecule has 0 radical (unpaired) electrons. The van der Waals surface area contributed by atoms with E-state index >= 15 is 0 Å². The van der Waals surface area contributed by atoms with Crippen molar-refractivity contribution in [2.24, 2.45) is 0 Å². The zero-order valence-corrected chi connectivity index (χ0v) is 11.5. The van der Waals surface area contributed by atoms with Crippen LogP contribution in [0, 0.1) is 5.82 Å². The van der Waals surface area contributed by atoms with E-state index in [1.165, 1.54) is 7.11 Å². The first-order valence-corrected chi connectivity index (χ1v) is 7.10. The molecule has 0 amide bonds. The number of sulfonamides is 1. The summed E-state index contributed by atoms with van der Waals surface area (Å²) in [6.45, 7) is 1.57. The van der Waals surface area contributed by atoms with Crippen LogP contribution in [0.4, 0.5) is 10.1 Å². The van der Waals surface area contributed by atoms with Crippen molar-refractivity contribution in [2.75, 3.05) is 19.4 Å². The van der Waals surface area contributed by atoms with Gasteiger partial charge >= 0.3 is 0 Å². The maximum Gasteiger partial charge on any atom is 0.240 e. The minimum absolute atomic E-state index is 0.112. The average molecular weight is 292 g/mol. The van der Waals surface area contributed by atoms with Crippen molar-refractivity contribution in [1.82, 2.24) is 4.72 Å². The molecule has 1 aromatic rings. The van der Waals surface area contributed by atoms with Gasteiger partial charge in [-0.1, -0.05) is 6.92 Å². The van der Waals surface area contributed by atoms with Crippen LogP contribution in [-0.2, 0) is 10.0 Å². The number of halogens is 1. The highest BCUT2D eigenvalue weighted by atomic mass is 32.2. The Bertz CT molecular complexity index is 525. The Morgan fingerprint density at radius 2 is 2.16 bits per heavy atom. The Morgan fingerprint density at radius 1 is 1.53 bits per heavy atom. The highest BCUT2D eigenvalue weighted by molar-refractivity contribution is 7.89. The van der Waals surface area contributed by atoms with Crippen molar-refractivity contribution in [3.63, 3.8) is 0 Å². The summed E-state index contributed by atoms with van der Waals surface area (Å²) in [5.41, 5.74) is 5.39. The number of ether oxygens (including phenoxy) is 1. The summed E-state index contributed by atoms with van der Waals surface area (Å²) < 4.78 is 44.2. The predicted molar refractivity (Wildman–Crippen MR) is 68.9 cm³/mol. The third-order valence-corrected chi connectivity index (χ3v) is 3.94. The number of hydrogen-bond acceptors (Lipinski definition) is 5. The van der Waals surface area contributed by atoms with Crippen LogP contribution in [0.3, 0.4) is 0 Å². The predicted octanol–water partition coefficient (Wildman–Crippen LogP) is 0.466. The molecule has 1 aromatic carbocycles. The van der Waals surface area contributed by atoms with Crippen LogP contribution in [-0.4, -0.2) is 33.3 Å². The van der Waals surface area contributed by atoms with Gasteiger partial charge in [-0.05, 0) is 18.6 Å². The quantitative estimate of drug-likeness (QED) is 0.661. The number of nitrogen functional groups attached to an aromatic ring is 1. The fourth-order valence-electron chi connectivity index (χ4n) is 1.39. The van der Waals surface area contributed by atoms with Crippen molar-refractivity contribution in [3.05, 3.63) is 17.9 Å². The number of aliphatic hydroxyl groups excluding tert-OH is 1. The first kappa shape index (κ1) is 15.7. The van der Waals surface area contributed by atoms with Crippen molar-refractivity contribution in [3.8, 4) is 5.75 Å². The summed E-state index contributed by atoms with van der Waals surface area (Å²) in [5.74, 6) is -1.06. The topological polar surface area (TPSA) is 102 Å². The molecular weight excluding hydrogens is 275 g/mol. The Hall–Kier alpha value is -1.38. The normalized spacial score (nSPS) is 13.3. The second-order valence-corrected chi connectivity index (χ2v) is 5.71. The van der Waals surface area contributed by atoms with Crippen LogP contribution in [0.2, 0.25) is 0 Å². The summed E-state index contributed by atoms with van der Waals surface area (Å²) in [4.78, 5) is -0.313. The Balaban J connectivity index is 3.02. The number of rotatable bonds is 6. The van der Waals surface area contributed by atoms with Gasteiger partial charge in [0.25, 0.3) is 0 Å². The summed E-state index contributed by atoms with van der Waals surface area (Å²) in [6, 6.07) is 1.92. The van der Waals surface area contributed by atoms with E-state index in [2.05, 4.69) is 4.72 Å². The minimum Gasteiger partial charge on any atom is -0.492 e. The highest BCUT2D eigenvalue weighted by Crippen LogP contribution is 2.28. The molecule has 0 spiro atoms. The van der Waals surface area contributed by atoms with Crippen LogP contribution in [0.15, 0.2) is 17.0 Å². The molecule has 4 N–H and O–H groups in total.